The van der Waals surface area contributed by atoms with Crippen LogP contribution in [0.5, 0.6) is 0 Å². The van der Waals surface area contributed by atoms with Crippen molar-refractivity contribution in [1.82, 2.24) is 15.2 Å². The van der Waals surface area contributed by atoms with Crippen LogP contribution in [0.25, 0.3) is 0 Å². The molecular weight excluding hydrogens is 246 g/mol. The summed E-state index contributed by atoms with van der Waals surface area (Å²) in [5, 5.41) is 6.77. The monoisotopic (exact) mass is 269 g/mol. The van der Waals surface area contributed by atoms with E-state index in [1.165, 1.54) is 17.1 Å². The van der Waals surface area contributed by atoms with Crippen LogP contribution in [0.2, 0.25) is 0 Å². The molecule has 0 aromatic carbocycles. The zero-order valence-corrected chi connectivity index (χ0v) is 12.1. The average molecular weight is 269 g/mol. The standard InChI is InChI=1S/C13H23N3OS/c1-3-4-14-7-13-15-12(10-18-13)9-16-5-6-17-11(2)8-16/h10-11,14H,3-9H2,1-2H3. The van der Waals surface area contributed by atoms with Crippen molar-refractivity contribution in [3.05, 3.63) is 16.1 Å². The van der Waals surface area contributed by atoms with Crippen molar-refractivity contribution in [2.75, 3.05) is 26.2 Å². The van der Waals surface area contributed by atoms with Gasteiger partial charge in [0.25, 0.3) is 0 Å². The fourth-order valence-corrected chi connectivity index (χ4v) is 2.89. The van der Waals surface area contributed by atoms with Gasteiger partial charge in [-0.15, -0.1) is 11.3 Å². The summed E-state index contributed by atoms with van der Waals surface area (Å²) < 4.78 is 5.55. The Bertz CT molecular complexity index is 356. The Labute approximate surface area is 113 Å². The van der Waals surface area contributed by atoms with E-state index in [4.69, 9.17) is 4.74 Å². The summed E-state index contributed by atoms with van der Waals surface area (Å²) in [6, 6.07) is 0. The second kappa shape index (κ2) is 7.19. The van der Waals surface area contributed by atoms with Gasteiger partial charge in [-0.05, 0) is 19.9 Å². The Morgan fingerprint density at radius 2 is 2.50 bits per heavy atom. The minimum atomic E-state index is 0.350. The van der Waals surface area contributed by atoms with Crippen LogP contribution in [0.1, 0.15) is 31.0 Å². The van der Waals surface area contributed by atoms with Crippen LogP contribution in [0.15, 0.2) is 5.38 Å². The molecule has 1 aliphatic rings. The number of nitrogens with one attached hydrogen (secondary N) is 1. The van der Waals surface area contributed by atoms with Crippen molar-refractivity contribution in [2.24, 2.45) is 0 Å². The summed E-state index contributed by atoms with van der Waals surface area (Å²) in [5.74, 6) is 0. The van der Waals surface area contributed by atoms with E-state index in [1.54, 1.807) is 11.3 Å². The van der Waals surface area contributed by atoms with E-state index in [9.17, 15) is 0 Å². The van der Waals surface area contributed by atoms with E-state index < -0.39 is 0 Å². The molecule has 102 valence electrons. The second-order valence-corrected chi connectivity index (χ2v) is 5.77. The van der Waals surface area contributed by atoms with E-state index in [-0.39, 0.29) is 0 Å². The fourth-order valence-electron chi connectivity index (χ4n) is 2.14. The van der Waals surface area contributed by atoms with Gasteiger partial charge in [0.2, 0.25) is 0 Å². The molecule has 1 aromatic heterocycles. The molecule has 0 radical (unpaired) electrons. The number of hydrogen-bond acceptors (Lipinski definition) is 5. The first-order valence-corrected chi connectivity index (χ1v) is 7.64. The zero-order valence-electron chi connectivity index (χ0n) is 11.3. The molecule has 1 aliphatic heterocycles. The number of ether oxygens (including phenoxy) is 1. The predicted octanol–water partition coefficient (Wildman–Crippen LogP) is 1.86. The first kappa shape index (κ1) is 13.9. The summed E-state index contributed by atoms with van der Waals surface area (Å²) in [6.07, 6.45) is 1.52. The highest BCUT2D eigenvalue weighted by atomic mass is 32.1. The van der Waals surface area contributed by atoms with E-state index in [1.807, 2.05) is 0 Å². The van der Waals surface area contributed by atoms with Gasteiger partial charge >= 0.3 is 0 Å². The van der Waals surface area contributed by atoms with Gasteiger partial charge < -0.3 is 10.1 Å². The third kappa shape index (κ3) is 4.31. The molecule has 4 nitrogen and oxygen atoms in total. The Morgan fingerprint density at radius 3 is 3.28 bits per heavy atom. The van der Waals surface area contributed by atoms with Crippen molar-refractivity contribution in [1.29, 1.82) is 0 Å². The quantitative estimate of drug-likeness (QED) is 0.800. The van der Waals surface area contributed by atoms with Crippen LogP contribution < -0.4 is 5.32 Å². The van der Waals surface area contributed by atoms with Gasteiger partial charge in [0.1, 0.15) is 5.01 Å². The number of aromatic nitrogens is 1. The highest BCUT2D eigenvalue weighted by Crippen LogP contribution is 2.14. The lowest BCUT2D eigenvalue weighted by molar-refractivity contribution is -0.0215. The lowest BCUT2D eigenvalue weighted by Gasteiger charge is -2.30. The van der Waals surface area contributed by atoms with Crippen LogP contribution in [-0.4, -0.2) is 42.2 Å². The molecule has 1 unspecified atom stereocenters. The summed E-state index contributed by atoms with van der Waals surface area (Å²) in [6.45, 7) is 10.1. The molecule has 0 aliphatic carbocycles. The average Bonchev–Trinajstić information content (AvgIpc) is 2.77. The molecule has 1 aromatic rings. The molecule has 2 rings (SSSR count). The molecule has 0 saturated carbocycles. The van der Waals surface area contributed by atoms with Crippen molar-refractivity contribution in [3.8, 4) is 0 Å². The second-order valence-electron chi connectivity index (χ2n) is 4.83. The normalized spacial score (nSPS) is 21.3. The smallest absolute Gasteiger partial charge is 0.107 e. The van der Waals surface area contributed by atoms with Crippen LogP contribution >= 0.6 is 11.3 Å². The zero-order chi connectivity index (χ0) is 12.8. The van der Waals surface area contributed by atoms with Gasteiger partial charge in [0, 0.05) is 31.6 Å². The molecule has 1 fully saturated rings. The maximum atomic E-state index is 5.55. The molecule has 18 heavy (non-hydrogen) atoms. The first-order valence-electron chi connectivity index (χ1n) is 6.76. The molecular formula is C13H23N3OS. The van der Waals surface area contributed by atoms with Crippen molar-refractivity contribution in [2.45, 2.75) is 39.5 Å². The number of morpholine rings is 1. The highest BCUT2D eigenvalue weighted by Gasteiger charge is 2.17. The minimum Gasteiger partial charge on any atom is -0.376 e. The SMILES string of the molecule is CCCNCc1nc(CN2CCOC(C)C2)cs1. The molecule has 2 heterocycles. The molecule has 5 heteroatoms. The Kier molecular flexibility index (Phi) is 5.56. The van der Waals surface area contributed by atoms with Crippen LogP contribution in [0.3, 0.4) is 0 Å². The summed E-state index contributed by atoms with van der Waals surface area (Å²) in [5.41, 5.74) is 1.20. The first-order chi connectivity index (χ1) is 8.78. The lowest BCUT2D eigenvalue weighted by atomic mass is 10.3. The van der Waals surface area contributed by atoms with Gasteiger partial charge in [-0.25, -0.2) is 4.98 Å². The van der Waals surface area contributed by atoms with Crippen molar-refractivity contribution in [3.63, 3.8) is 0 Å². The Hall–Kier alpha value is -0.490. The predicted molar refractivity (Wildman–Crippen MR) is 74.8 cm³/mol. The Balaban J connectivity index is 1.78. The van der Waals surface area contributed by atoms with Gasteiger partial charge in [-0.1, -0.05) is 6.92 Å². The van der Waals surface area contributed by atoms with E-state index in [0.29, 0.717) is 6.10 Å². The maximum Gasteiger partial charge on any atom is 0.107 e. The number of hydrogen-bond donors (Lipinski definition) is 1. The topological polar surface area (TPSA) is 37.4 Å². The molecule has 1 atom stereocenters. The maximum absolute atomic E-state index is 5.55. The fraction of sp³-hybridized carbons (Fsp3) is 0.769. The van der Waals surface area contributed by atoms with Gasteiger partial charge in [0.05, 0.1) is 18.4 Å². The lowest BCUT2D eigenvalue weighted by Crippen LogP contribution is -2.40. The summed E-state index contributed by atoms with van der Waals surface area (Å²) >= 11 is 1.76. The van der Waals surface area contributed by atoms with E-state index in [2.05, 4.69) is 34.4 Å². The highest BCUT2D eigenvalue weighted by molar-refractivity contribution is 7.09. The number of rotatable bonds is 6. The molecule has 1 N–H and O–H groups in total. The Morgan fingerprint density at radius 1 is 1.61 bits per heavy atom. The van der Waals surface area contributed by atoms with E-state index in [0.717, 1.165) is 39.3 Å². The molecule has 1 saturated heterocycles. The molecule has 0 spiro atoms. The van der Waals surface area contributed by atoms with Crippen LogP contribution in [0, 0.1) is 0 Å². The van der Waals surface area contributed by atoms with Crippen molar-refractivity contribution < 1.29 is 4.74 Å². The third-order valence-corrected chi connectivity index (χ3v) is 3.91. The third-order valence-electron chi connectivity index (χ3n) is 3.01. The minimum absolute atomic E-state index is 0.350. The van der Waals surface area contributed by atoms with Crippen molar-refractivity contribution >= 4 is 11.3 Å². The summed E-state index contributed by atoms with van der Waals surface area (Å²) in [7, 11) is 0. The molecule has 0 amide bonds. The number of nitrogens with zero attached hydrogens (tertiary/aromatic N) is 2. The molecule has 0 bridgehead atoms. The van der Waals surface area contributed by atoms with Gasteiger partial charge in [-0.2, -0.15) is 0 Å². The van der Waals surface area contributed by atoms with Gasteiger partial charge in [0.15, 0.2) is 0 Å². The summed E-state index contributed by atoms with van der Waals surface area (Å²) in [4.78, 5) is 7.10. The largest absolute Gasteiger partial charge is 0.376 e. The van der Waals surface area contributed by atoms with Crippen LogP contribution in [-0.2, 0) is 17.8 Å². The van der Waals surface area contributed by atoms with Gasteiger partial charge in [-0.3, -0.25) is 4.90 Å². The van der Waals surface area contributed by atoms with E-state index >= 15 is 0 Å². The van der Waals surface area contributed by atoms with Crippen LogP contribution in [0.4, 0.5) is 0 Å². The number of thiazole rings is 1.